The summed E-state index contributed by atoms with van der Waals surface area (Å²) < 4.78 is 27.2. The molecule has 2 heterocycles. The second-order valence-corrected chi connectivity index (χ2v) is 8.70. The van der Waals surface area contributed by atoms with E-state index in [0.717, 1.165) is 30.7 Å². The Morgan fingerprint density at radius 3 is 2.90 bits per heavy atom. The van der Waals surface area contributed by atoms with Crippen molar-refractivity contribution in [3.63, 3.8) is 0 Å². The van der Waals surface area contributed by atoms with Crippen molar-refractivity contribution in [2.75, 3.05) is 20.1 Å². The van der Waals surface area contributed by atoms with Gasteiger partial charge < -0.3 is 5.32 Å². The number of sulfonamides is 1. The molecule has 0 amide bonds. The Hall–Kier alpha value is -0.430. The number of nitrogens with zero attached hydrogens (tertiary/aromatic N) is 1. The highest BCUT2D eigenvalue weighted by Gasteiger charge is 2.28. The summed E-state index contributed by atoms with van der Waals surface area (Å²) in [6.45, 7) is 4.26. The van der Waals surface area contributed by atoms with Crippen LogP contribution in [0.3, 0.4) is 0 Å². The van der Waals surface area contributed by atoms with Crippen LogP contribution in [0.5, 0.6) is 0 Å². The van der Waals surface area contributed by atoms with Gasteiger partial charge in [-0.05, 0) is 38.3 Å². The number of nitrogens with one attached hydrogen (secondary N) is 1. The molecular formula is C15H26N2O2S2. The van der Waals surface area contributed by atoms with Gasteiger partial charge in [0.2, 0.25) is 10.0 Å². The van der Waals surface area contributed by atoms with E-state index < -0.39 is 10.0 Å². The van der Waals surface area contributed by atoms with Crippen molar-refractivity contribution >= 4 is 21.4 Å². The summed E-state index contributed by atoms with van der Waals surface area (Å²) in [5.41, 5.74) is 0. The summed E-state index contributed by atoms with van der Waals surface area (Å²) in [4.78, 5) is 1.53. The van der Waals surface area contributed by atoms with Crippen LogP contribution in [-0.2, 0) is 16.6 Å². The first-order valence-corrected chi connectivity index (χ1v) is 10.1. The fourth-order valence-electron chi connectivity index (χ4n) is 2.99. The topological polar surface area (TPSA) is 49.4 Å². The van der Waals surface area contributed by atoms with E-state index in [4.69, 9.17) is 0 Å². The van der Waals surface area contributed by atoms with Crippen LogP contribution in [0.4, 0.5) is 0 Å². The Morgan fingerprint density at radius 1 is 1.38 bits per heavy atom. The maximum Gasteiger partial charge on any atom is 0.243 e. The van der Waals surface area contributed by atoms with Gasteiger partial charge in [-0.3, -0.25) is 0 Å². The average Bonchev–Trinajstić information content (AvgIpc) is 2.79. The van der Waals surface area contributed by atoms with Crippen molar-refractivity contribution in [1.82, 2.24) is 9.62 Å². The Kier molecular flexibility index (Phi) is 6.22. The van der Waals surface area contributed by atoms with E-state index in [9.17, 15) is 8.42 Å². The fraction of sp³-hybridized carbons (Fsp3) is 0.733. The number of thiophene rings is 1. The van der Waals surface area contributed by atoms with Crippen LogP contribution in [0.2, 0.25) is 0 Å². The van der Waals surface area contributed by atoms with E-state index >= 15 is 0 Å². The molecule has 21 heavy (non-hydrogen) atoms. The van der Waals surface area contributed by atoms with E-state index in [0.29, 0.717) is 23.9 Å². The van der Waals surface area contributed by atoms with E-state index in [1.807, 2.05) is 13.1 Å². The Morgan fingerprint density at radius 2 is 2.19 bits per heavy atom. The molecule has 1 aliphatic rings. The first-order valence-electron chi connectivity index (χ1n) is 7.80. The zero-order valence-corrected chi connectivity index (χ0v) is 14.6. The molecule has 0 radical (unpaired) electrons. The van der Waals surface area contributed by atoms with Crippen LogP contribution in [-0.4, -0.2) is 32.9 Å². The largest absolute Gasteiger partial charge is 0.315 e. The molecule has 0 bridgehead atoms. The van der Waals surface area contributed by atoms with Crippen molar-refractivity contribution in [3.8, 4) is 0 Å². The van der Waals surface area contributed by atoms with Crippen LogP contribution in [0.25, 0.3) is 0 Å². The lowest BCUT2D eigenvalue weighted by Crippen LogP contribution is -2.31. The summed E-state index contributed by atoms with van der Waals surface area (Å²) in [7, 11) is -1.43. The van der Waals surface area contributed by atoms with E-state index in [1.165, 1.54) is 24.2 Å². The van der Waals surface area contributed by atoms with Crippen molar-refractivity contribution in [1.29, 1.82) is 0 Å². The van der Waals surface area contributed by atoms with Gasteiger partial charge in [0.15, 0.2) is 0 Å². The zero-order valence-electron chi connectivity index (χ0n) is 13.0. The number of hydrogen-bond donors (Lipinski definition) is 1. The molecule has 1 aromatic rings. The second-order valence-electron chi connectivity index (χ2n) is 5.77. The van der Waals surface area contributed by atoms with Crippen molar-refractivity contribution in [3.05, 3.63) is 16.3 Å². The molecular weight excluding hydrogens is 304 g/mol. The standard InChI is InChI=1S/C15H26N2O2S2/c1-3-5-13-6-4-8-17(9-7-13)21(18,19)15-10-14(11-16-2)20-12-15/h10,12-13,16H,3-9,11H2,1-2H3. The lowest BCUT2D eigenvalue weighted by Gasteiger charge is -2.19. The predicted octanol–water partition coefficient (Wildman–Crippen LogP) is 3.06. The predicted molar refractivity (Wildman–Crippen MR) is 88.1 cm³/mol. The molecule has 1 unspecified atom stereocenters. The van der Waals surface area contributed by atoms with Gasteiger partial charge in [-0.25, -0.2) is 8.42 Å². The highest BCUT2D eigenvalue weighted by Crippen LogP contribution is 2.27. The first-order chi connectivity index (χ1) is 10.1. The molecule has 1 saturated heterocycles. The van der Waals surface area contributed by atoms with Gasteiger partial charge in [0.1, 0.15) is 0 Å². The fourth-order valence-corrected chi connectivity index (χ4v) is 5.76. The Bertz CT molecular complexity index is 540. The third-order valence-electron chi connectivity index (χ3n) is 4.12. The molecule has 2 rings (SSSR count). The monoisotopic (exact) mass is 330 g/mol. The third-order valence-corrected chi connectivity index (χ3v) is 7.08. The highest BCUT2D eigenvalue weighted by molar-refractivity contribution is 7.89. The lowest BCUT2D eigenvalue weighted by molar-refractivity contribution is 0.400. The summed E-state index contributed by atoms with van der Waals surface area (Å²) in [6.07, 6.45) is 5.56. The van der Waals surface area contributed by atoms with Gasteiger partial charge in [0.05, 0.1) is 4.90 Å². The summed E-state index contributed by atoms with van der Waals surface area (Å²) in [5, 5.41) is 4.83. The molecule has 1 N–H and O–H groups in total. The smallest absolute Gasteiger partial charge is 0.243 e. The van der Waals surface area contributed by atoms with Gasteiger partial charge in [-0.2, -0.15) is 4.31 Å². The van der Waals surface area contributed by atoms with Crippen LogP contribution < -0.4 is 5.32 Å². The summed E-state index contributed by atoms with van der Waals surface area (Å²) in [6, 6.07) is 1.81. The van der Waals surface area contributed by atoms with Crippen LogP contribution >= 0.6 is 11.3 Å². The van der Waals surface area contributed by atoms with Crippen molar-refractivity contribution in [2.45, 2.75) is 50.5 Å². The van der Waals surface area contributed by atoms with Gasteiger partial charge in [0.25, 0.3) is 0 Å². The molecule has 1 aromatic heterocycles. The number of hydrogen-bond acceptors (Lipinski definition) is 4. The molecule has 120 valence electrons. The molecule has 4 nitrogen and oxygen atoms in total. The Balaban J connectivity index is 2.07. The number of rotatable bonds is 6. The molecule has 1 aliphatic heterocycles. The summed E-state index contributed by atoms with van der Waals surface area (Å²) >= 11 is 1.51. The minimum absolute atomic E-state index is 0.465. The van der Waals surface area contributed by atoms with E-state index in [1.54, 1.807) is 9.69 Å². The van der Waals surface area contributed by atoms with Gasteiger partial charge in [-0.1, -0.05) is 19.8 Å². The maximum atomic E-state index is 12.7. The van der Waals surface area contributed by atoms with Gasteiger partial charge in [-0.15, -0.1) is 11.3 Å². The van der Waals surface area contributed by atoms with Gasteiger partial charge >= 0.3 is 0 Å². The SMILES string of the molecule is CCCC1CCCN(S(=O)(=O)c2csc(CNC)c2)CC1. The van der Waals surface area contributed by atoms with Crippen LogP contribution in [0, 0.1) is 5.92 Å². The highest BCUT2D eigenvalue weighted by atomic mass is 32.2. The van der Waals surface area contributed by atoms with Crippen molar-refractivity contribution in [2.24, 2.45) is 5.92 Å². The van der Waals surface area contributed by atoms with E-state index in [2.05, 4.69) is 12.2 Å². The van der Waals surface area contributed by atoms with E-state index in [-0.39, 0.29) is 0 Å². The van der Waals surface area contributed by atoms with Crippen LogP contribution in [0.1, 0.15) is 43.9 Å². The van der Waals surface area contributed by atoms with Gasteiger partial charge in [0, 0.05) is 29.9 Å². The minimum atomic E-state index is -3.31. The summed E-state index contributed by atoms with van der Waals surface area (Å²) in [5.74, 6) is 0.692. The molecule has 6 heteroatoms. The Labute approximate surface area is 132 Å². The molecule has 0 saturated carbocycles. The zero-order chi connectivity index (χ0) is 15.3. The van der Waals surface area contributed by atoms with Crippen LogP contribution in [0.15, 0.2) is 16.3 Å². The molecule has 1 fully saturated rings. The lowest BCUT2D eigenvalue weighted by atomic mass is 9.96. The first kappa shape index (κ1) is 16.9. The average molecular weight is 331 g/mol. The molecule has 0 spiro atoms. The quantitative estimate of drug-likeness (QED) is 0.872. The third kappa shape index (κ3) is 4.28. The molecule has 1 atom stereocenters. The minimum Gasteiger partial charge on any atom is -0.315 e. The molecule has 0 aliphatic carbocycles. The second kappa shape index (κ2) is 7.72. The normalized spacial score (nSPS) is 21.3. The molecule has 0 aromatic carbocycles. The maximum absolute atomic E-state index is 12.7. The van der Waals surface area contributed by atoms with Crippen molar-refractivity contribution < 1.29 is 8.42 Å².